The largest absolute Gasteiger partial charge is 0.480 e. The molecule has 0 heterocycles. The molecular formula is C23H21ClN2O5S. The predicted octanol–water partition coefficient (Wildman–Crippen LogP) is 4.24. The van der Waals surface area contributed by atoms with E-state index in [1.54, 1.807) is 32.0 Å². The van der Waals surface area contributed by atoms with Crippen LogP contribution in [0.15, 0.2) is 65.6 Å². The van der Waals surface area contributed by atoms with E-state index in [1.807, 2.05) is 30.3 Å². The summed E-state index contributed by atoms with van der Waals surface area (Å²) < 4.78 is 28.9. The van der Waals surface area contributed by atoms with Crippen LogP contribution in [0.25, 0.3) is 11.1 Å². The van der Waals surface area contributed by atoms with Crippen molar-refractivity contribution in [2.24, 2.45) is 0 Å². The molecule has 0 aliphatic heterocycles. The number of carbonyl (C=O) groups excluding carboxylic acids is 1. The van der Waals surface area contributed by atoms with Crippen LogP contribution in [0.2, 0.25) is 5.02 Å². The first-order chi connectivity index (χ1) is 15.1. The Bertz CT molecular complexity index is 1290. The lowest BCUT2D eigenvalue weighted by atomic mass is 10.0. The van der Waals surface area contributed by atoms with Crippen molar-refractivity contribution in [1.82, 2.24) is 5.32 Å². The molecule has 1 amide bonds. The van der Waals surface area contributed by atoms with Gasteiger partial charge in [-0.05, 0) is 60.4 Å². The maximum Gasteiger partial charge on any atom is 0.322 e. The number of carboxylic acids is 1. The molecule has 0 spiro atoms. The Morgan fingerprint density at radius 3 is 2.28 bits per heavy atom. The molecule has 7 nitrogen and oxygen atoms in total. The Hall–Kier alpha value is -3.36. The van der Waals surface area contributed by atoms with Gasteiger partial charge >= 0.3 is 5.97 Å². The highest BCUT2D eigenvalue weighted by molar-refractivity contribution is 7.92. The zero-order valence-electron chi connectivity index (χ0n) is 17.3. The predicted molar refractivity (Wildman–Crippen MR) is 124 cm³/mol. The Balaban J connectivity index is 2.08. The molecule has 0 aromatic heterocycles. The molecule has 0 atom stereocenters. The van der Waals surface area contributed by atoms with Crippen molar-refractivity contribution in [2.45, 2.75) is 18.7 Å². The van der Waals surface area contributed by atoms with Crippen molar-refractivity contribution in [3.05, 3.63) is 82.4 Å². The van der Waals surface area contributed by atoms with E-state index < -0.39 is 28.4 Å². The van der Waals surface area contributed by atoms with Crippen LogP contribution < -0.4 is 10.0 Å². The molecule has 0 radical (unpaired) electrons. The Labute approximate surface area is 191 Å². The topological polar surface area (TPSA) is 113 Å². The fourth-order valence-corrected chi connectivity index (χ4v) is 4.73. The second kappa shape index (κ2) is 9.42. The molecular weight excluding hydrogens is 452 g/mol. The SMILES string of the molecule is Cc1cc(S(=O)(=O)Nc2cc(-c3ccccc3)ccc2C(=O)NCC(=O)O)c(C)cc1Cl. The molecule has 0 fully saturated rings. The third-order valence-electron chi connectivity index (χ3n) is 4.76. The van der Waals surface area contributed by atoms with Crippen molar-refractivity contribution >= 4 is 39.2 Å². The molecule has 3 N–H and O–H groups in total. The summed E-state index contributed by atoms with van der Waals surface area (Å²) in [5, 5.41) is 11.6. The average molecular weight is 473 g/mol. The van der Waals surface area contributed by atoms with Crippen LogP contribution >= 0.6 is 11.6 Å². The normalized spacial score (nSPS) is 11.1. The van der Waals surface area contributed by atoms with Gasteiger partial charge in [-0.2, -0.15) is 0 Å². The highest BCUT2D eigenvalue weighted by atomic mass is 35.5. The molecule has 166 valence electrons. The molecule has 0 unspecified atom stereocenters. The maximum absolute atomic E-state index is 13.2. The molecule has 3 aromatic carbocycles. The molecule has 0 aliphatic carbocycles. The van der Waals surface area contributed by atoms with Gasteiger partial charge in [-0.3, -0.25) is 14.3 Å². The third-order valence-corrected chi connectivity index (χ3v) is 6.68. The van der Waals surface area contributed by atoms with Gasteiger partial charge in [0.1, 0.15) is 6.54 Å². The number of hydrogen-bond donors (Lipinski definition) is 3. The van der Waals surface area contributed by atoms with Gasteiger partial charge in [0.2, 0.25) is 0 Å². The highest BCUT2D eigenvalue weighted by Crippen LogP contribution is 2.30. The second-order valence-electron chi connectivity index (χ2n) is 7.18. The summed E-state index contributed by atoms with van der Waals surface area (Å²) in [4.78, 5) is 23.4. The number of hydrogen-bond acceptors (Lipinski definition) is 4. The summed E-state index contributed by atoms with van der Waals surface area (Å²) >= 11 is 6.10. The van der Waals surface area contributed by atoms with Gasteiger partial charge < -0.3 is 10.4 Å². The first kappa shape index (κ1) is 23.3. The standard InChI is InChI=1S/C23H21ClN2O5S/c1-14-11-21(15(2)10-19(14)24)32(30,31)26-20-12-17(16-6-4-3-5-7-16)8-9-18(20)23(29)25-13-22(27)28/h3-12,26H,13H2,1-2H3,(H,25,29)(H,27,28). The zero-order chi connectivity index (χ0) is 23.5. The Kier molecular flexibility index (Phi) is 6.86. The number of aliphatic carboxylic acids is 1. The molecule has 0 saturated carbocycles. The number of amides is 1. The minimum absolute atomic E-state index is 0.00200. The average Bonchev–Trinajstić information content (AvgIpc) is 2.74. The fourth-order valence-electron chi connectivity index (χ4n) is 3.13. The van der Waals surface area contributed by atoms with Crippen LogP contribution in [-0.4, -0.2) is 31.9 Å². The van der Waals surface area contributed by atoms with Crippen molar-refractivity contribution in [2.75, 3.05) is 11.3 Å². The van der Waals surface area contributed by atoms with E-state index in [1.165, 1.54) is 12.1 Å². The van der Waals surface area contributed by atoms with E-state index in [-0.39, 0.29) is 16.1 Å². The number of anilines is 1. The number of halogens is 1. The summed E-state index contributed by atoms with van der Waals surface area (Å²) in [5.41, 5.74) is 2.57. The minimum Gasteiger partial charge on any atom is -0.480 e. The zero-order valence-corrected chi connectivity index (χ0v) is 18.9. The van der Waals surface area contributed by atoms with Crippen LogP contribution in [0.1, 0.15) is 21.5 Å². The number of carbonyl (C=O) groups is 2. The Morgan fingerprint density at radius 1 is 0.938 bits per heavy atom. The van der Waals surface area contributed by atoms with E-state index in [2.05, 4.69) is 10.0 Å². The van der Waals surface area contributed by atoms with E-state index in [4.69, 9.17) is 16.7 Å². The molecule has 32 heavy (non-hydrogen) atoms. The monoisotopic (exact) mass is 472 g/mol. The molecule has 0 saturated heterocycles. The van der Waals surface area contributed by atoms with Gasteiger partial charge in [0.25, 0.3) is 15.9 Å². The molecule has 3 rings (SSSR count). The Morgan fingerprint density at radius 2 is 1.62 bits per heavy atom. The number of nitrogens with one attached hydrogen (secondary N) is 2. The molecule has 0 bridgehead atoms. The van der Waals surface area contributed by atoms with Crippen LogP contribution in [0.3, 0.4) is 0 Å². The number of aryl methyl sites for hydroxylation is 2. The van der Waals surface area contributed by atoms with E-state index in [0.29, 0.717) is 21.7 Å². The van der Waals surface area contributed by atoms with Gasteiger partial charge in [0.15, 0.2) is 0 Å². The maximum atomic E-state index is 13.2. The van der Waals surface area contributed by atoms with Crippen molar-refractivity contribution < 1.29 is 23.1 Å². The summed E-state index contributed by atoms with van der Waals surface area (Å²) in [6, 6.07) is 16.9. The number of rotatable bonds is 7. The molecule has 0 aliphatic rings. The number of carboxylic acid groups (broad SMARTS) is 1. The molecule has 3 aromatic rings. The number of sulfonamides is 1. The third kappa shape index (κ3) is 5.27. The van der Waals surface area contributed by atoms with Crippen molar-refractivity contribution in [3.63, 3.8) is 0 Å². The lowest BCUT2D eigenvalue weighted by molar-refractivity contribution is -0.135. The molecule has 9 heteroatoms. The minimum atomic E-state index is -4.07. The summed E-state index contributed by atoms with van der Waals surface area (Å²) in [7, 11) is -4.07. The van der Waals surface area contributed by atoms with Crippen LogP contribution in [0.4, 0.5) is 5.69 Å². The summed E-state index contributed by atoms with van der Waals surface area (Å²) in [5.74, 6) is -1.93. The lowest BCUT2D eigenvalue weighted by Gasteiger charge is -2.16. The smallest absolute Gasteiger partial charge is 0.322 e. The van der Waals surface area contributed by atoms with Crippen molar-refractivity contribution in [3.8, 4) is 11.1 Å². The van der Waals surface area contributed by atoms with E-state index in [9.17, 15) is 18.0 Å². The van der Waals surface area contributed by atoms with E-state index in [0.717, 1.165) is 5.56 Å². The lowest BCUT2D eigenvalue weighted by Crippen LogP contribution is -2.30. The summed E-state index contributed by atoms with van der Waals surface area (Å²) in [6.45, 7) is 2.73. The van der Waals surface area contributed by atoms with Crippen LogP contribution in [-0.2, 0) is 14.8 Å². The van der Waals surface area contributed by atoms with Gasteiger partial charge in [0.05, 0.1) is 16.1 Å². The number of benzene rings is 3. The van der Waals surface area contributed by atoms with Gasteiger partial charge in [0, 0.05) is 5.02 Å². The van der Waals surface area contributed by atoms with Gasteiger partial charge in [-0.15, -0.1) is 0 Å². The van der Waals surface area contributed by atoms with Crippen molar-refractivity contribution in [1.29, 1.82) is 0 Å². The van der Waals surface area contributed by atoms with Crippen LogP contribution in [0.5, 0.6) is 0 Å². The second-order valence-corrected chi connectivity index (χ2v) is 9.23. The summed E-state index contributed by atoms with van der Waals surface area (Å²) in [6.07, 6.45) is 0. The first-order valence-electron chi connectivity index (χ1n) is 9.57. The van der Waals surface area contributed by atoms with Gasteiger partial charge in [-0.1, -0.05) is 48.0 Å². The van der Waals surface area contributed by atoms with Gasteiger partial charge in [-0.25, -0.2) is 8.42 Å². The first-order valence-corrected chi connectivity index (χ1v) is 11.4. The fraction of sp³-hybridized carbons (Fsp3) is 0.130. The quantitative estimate of drug-likeness (QED) is 0.476. The van der Waals surface area contributed by atoms with Crippen LogP contribution in [0, 0.1) is 13.8 Å². The van der Waals surface area contributed by atoms with E-state index >= 15 is 0 Å². The highest BCUT2D eigenvalue weighted by Gasteiger charge is 2.22.